The van der Waals surface area contributed by atoms with Gasteiger partial charge >= 0.3 is 0 Å². The Morgan fingerprint density at radius 1 is 1.19 bits per heavy atom. The first-order valence-corrected chi connectivity index (χ1v) is 5.25. The van der Waals surface area contributed by atoms with Gasteiger partial charge < -0.3 is 4.74 Å². The Morgan fingerprint density at radius 3 is 2.69 bits per heavy atom. The van der Waals surface area contributed by atoms with Gasteiger partial charge in [0.05, 0.1) is 0 Å². The molecule has 0 radical (unpaired) electrons. The van der Waals surface area contributed by atoms with Gasteiger partial charge in [0.2, 0.25) is 5.88 Å². The van der Waals surface area contributed by atoms with Gasteiger partial charge in [-0.15, -0.1) is 0 Å². The number of aryl methyl sites for hydroxylation is 1. The quantitative estimate of drug-likeness (QED) is 0.788. The first-order chi connectivity index (χ1) is 7.77. The van der Waals surface area contributed by atoms with Crippen LogP contribution in [0.2, 0.25) is 0 Å². The highest BCUT2D eigenvalue weighted by molar-refractivity contribution is 5.24. The molecule has 1 unspecified atom stereocenters. The maximum atomic E-state index is 5.78. The third-order valence-electron chi connectivity index (χ3n) is 2.40. The van der Waals surface area contributed by atoms with E-state index in [9.17, 15) is 0 Å². The van der Waals surface area contributed by atoms with Crippen LogP contribution in [0, 0.1) is 6.92 Å². The van der Waals surface area contributed by atoms with Crippen LogP contribution >= 0.6 is 0 Å². The molecule has 0 fully saturated rings. The Kier molecular flexibility index (Phi) is 3.15. The van der Waals surface area contributed by atoms with Crippen molar-refractivity contribution in [1.82, 2.24) is 9.97 Å². The summed E-state index contributed by atoms with van der Waals surface area (Å²) in [6.07, 6.45) is 5.26. The molecule has 0 amide bonds. The smallest absolute Gasteiger partial charge is 0.216 e. The van der Waals surface area contributed by atoms with Crippen molar-refractivity contribution in [2.45, 2.75) is 20.0 Å². The molecule has 0 saturated carbocycles. The van der Waals surface area contributed by atoms with Crippen LogP contribution in [-0.4, -0.2) is 9.97 Å². The van der Waals surface area contributed by atoms with Crippen molar-refractivity contribution in [3.63, 3.8) is 0 Å². The first-order valence-electron chi connectivity index (χ1n) is 5.25. The Labute approximate surface area is 95.1 Å². The summed E-state index contributed by atoms with van der Waals surface area (Å²) < 4.78 is 5.78. The fourth-order valence-electron chi connectivity index (χ4n) is 1.45. The van der Waals surface area contributed by atoms with E-state index in [4.69, 9.17) is 4.74 Å². The number of rotatable bonds is 3. The topological polar surface area (TPSA) is 35.0 Å². The molecule has 1 atom stereocenters. The molecular formula is C13H14N2O. The zero-order valence-corrected chi connectivity index (χ0v) is 9.42. The Bertz CT molecular complexity index is 456. The fraction of sp³-hybridized carbons (Fsp3) is 0.231. The van der Waals surface area contributed by atoms with Gasteiger partial charge in [-0.3, -0.25) is 4.98 Å². The molecule has 16 heavy (non-hydrogen) atoms. The summed E-state index contributed by atoms with van der Waals surface area (Å²) in [5, 5.41) is 0. The molecule has 0 aromatic carbocycles. The molecule has 0 aliphatic heterocycles. The van der Waals surface area contributed by atoms with Gasteiger partial charge in [-0.25, -0.2) is 4.98 Å². The summed E-state index contributed by atoms with van der Waals surface area (Å²) in [7, 11) is 0. The minimum atomic E-state index is -0.0395. The van der Waals surface area contributed by atoms with Crippen LogP contribution in [0.3, 0.4) is 0 Å². The van der Waals surface area contributed by atoms with Gasteiger partial charge in [-0.2, -0.15) is 0 Å². The number of pyridine rings is 2. The molecule has 2 heterocycles. The fourth-order valence-corrected chi connectivity index (χ4v) is 1.45. The Balaban J connectivity index is 2.14. The van der Waals surface area contributed by atoms with E-state index < -0.39 is 0 Å². The van der Waals surface area contributed by atoms with Crippen molar-refractivity contribution in [1.29, 1.82) is 0 Å². The van der Waals surface area contributed by atoms with Crippen LogP contribution in [0.1, 0.15) is 24.2 Å². The largest absolute Gasteiger partial charge is 0.470 e. The van der Waals surface area contributed by atoms with Crippen molar-refractivity contribution < 1.29 is 4.74 Å². The van der Waals surface area contributed by atoms with E-state index in [-0.39, 0.29) is 6.10 Å². The molecule has 0 spiro atoms. The normalized spacial score (nSPS) is 12.1. The SMILES string of the molecule is Cc1cccnc1OC(C)c1cccnc1. The summed E-state index contributed by atoms with van der Waals surface area (Å²) in [5.41, 5.74) is 2.09. The van der Waals surface area contributed by atoms with E-state index in [2.05, 4.69) is 9.97 Å². The van der Waals surface area contributed by atoms with Crippen molar-refractivity contribution in [2.24, 2.45) is 0 Å². The molecule has 0 N–H and O–H groups in total. The molecule has 3 nitrogen and oxygen atoms in total. The van der Waals surface area contributed by atoms with Crippen molar-refractivity contribution in [2.75, 3.05) is 0 Å². The minimum Gasteiger partial charge on any atom is -0.470 e. The second-order valence-corrected chi connectivity index (χ2v) is 3.67. The zero-order valence-electron chi connectivity index (χ0n) is 9.42. The van der Waals surface area contributed by atoms with Gasteiger partial charge in [0.25, 0.3) is 0 Å². The number of hydrogen-bond acceptors (Lipinski definition) is 3. The number of hydrogen-bond donors (Lipinski definition) is 0. The first kappa shape index (κ1) is 10.6. The highest BCUT2D eigenvalue weighted by Crippen LogP contribution is 2.21. The van der Waals surface area contributed by atoms with Crippen LogP contribution in [0.25, 0.3) is 0 Å². The monoisotopic (exact) mass is 214 g/mol. The maximum Gasteiger partial charge on any atom is 0.216 e. The molecule has 0 aliphatic rings. The summed E-state index contributed by atoms with van der Waals surface area (Å²) in [6.45, 7) is 3.98. The predicted octanol–water partition coefficient (Wildman–Crippen LogP) is 2.93. The van der Waals surface area contributed by atoms with E-state index in [1.807, 2.05) is 44.3 Å². The molecule has 3 heteroatoms. The summed E-state index contributed by atoms with van der Waals surface area (Å²) in [6, 6.07) is 7.78. The van der Waals surface area contributed by atoms with Crippen LogP contribution in [-0.2, 0) is 0 Å². The van der Waals surface area contributed by atoms with Gasteiger partial charge in [0, 0.05) is 29.7 Å². The Hall–Kier alpha value is -1.90. The molecule has 2 rings (SSSR count). The van der Waals surface area contributed by atoms with Crippen molar-refractivity contribution in [3.8, 4) is 5.88 Å². The zero-order chi connectivity index (χ0) is 11.4. The van der Waals surface area contributed by atoms with Gasteiger partial charge in [0.1, 0.15) is 6.10 Å². The summed E-state index contributed by atoms with van der Waals surface area (Å²) in [4.78, 5) is 8.27. The average Bonchev–Trinajstić information content (AvgIpc) is 2.33. The van der Waals surface area contributed by atoms with Crippen molar-refractivity contribution >= 4 is 0 Å². The lowest BCUT2D eigenvalue weighted by atomic mass is 10.2. The Morgan fingerprint density at radius 2 is 2.00 bits per heavy atom. The molecule has 82 valence electrons. The number of ether oxygens (including phenoxy) is 1. The molecule has 0 bridgehead atoms. The van der Waals surface area contributed by atoms with Crippen molar-refractivity contribution in [3.05, 3.63) is 54.0 Å². The van der Waals surface area contributed by atoms with E-state index in [0.717, 1.165) is 11.1 Å². The average molecular weight is 214 g/mol. The van der Waals surface area contributed by atoms with E-state index in [1.54, 1.807) is 12.4 Å². The van der Waals surface area contributed by atoms with Gasteiger partial charge in [-0.1, -0.05) is 12.1 Å². The van der Waals surface area contributed by atoms with E-state index in [0.29, 0.717) is 5.88 Å². The number of nitrogens with zero attached hydrogens (tertiary/aromatic N) is 2. The lowest BCUT2D eigenvalue weighted by Gasteiger charge is -2.14. The predicted molar refractivity (Wildman–Crippen MR) is 62.3 cm³/mol. The third kappa shape index (κ3) is 2.37. The van der Waals surface area contributed by atoms with Gasteiger partial charge in [-0.05, 0) is 26.0 Å². The second-order valence-electron chi connectivity index (χ2n) is 3.67. The molecule has 0 aliphatic carbocycles. The summed E-state index contributed by atoms with van der Waals surface area (Å²) in [5.74, 6) is 0.679. The maximum absolute atomic E-state index is 5.78. The molecule has 2 aromatic heterocycles. The molecule has 0 saturated heterocycles. The standard InChI is InChI=1S/C13H14N2O/c1-10-5-3-8-15-13(10)16-11(2)12-6-4-7-14-9-12/h3-9,11H,1-2H3. The van der Waals surface area contributed by atoms with E-state index in [1.165, 1.54) is 0 Å². The lowest BCUT2D eigenvalue weighted by molar-refractivity contribution is 0.215. The third-order valence-corrected chi connectivity index (χ3v) is 2.40. The highest BCUT2D eigenvalue weighted by Gasteiger charge is 2.09. The molecule has 2 aromatic rings. The highest BCUT2D eigenvalue weighted by atomic mass is 16.5. The lowest BCUT2D eigenvalue weighted by Crippen LogP contribution is -2.05. The van der Waals surface area contributed by atoms with Crippen LogP contribution in [0.5, 0.6) is 5.88 Å². The minimum absolute atomic E-state index is 0.0395. The summed E-state index contributed by atoms with van der Waals surface area (Å²) >= 11 is 0. The van der Waals surface area contributed by atoms with Gasteiger partial charge in [0.15, 0.2) is 0 Å². The van der Waals surface area contributed by atoms with E-state index >= 15 is 0 Å². The second kappa shape index (κ2) is 4.75. The van der Waals surface area contributed by atoms with Crippen LogP contribution < -0.4 is 4.74 Å². The molecular weight excluding hydrogens is 200 g/mol. The van der Waals surface area contributed by atoms with Crippen LogP contribution in [0.15, 0.2) is 42.9 Å². The number of aromatic nitrogens is 2. The van der Waals surface area contributed by atoms with Crippen LogP contribution in [0.4, 0.5) is 0 Å².